The quantitative estimate of drug-likeness (QED) is 0.866. The second-order valence-electron chi connectivity index (χ2n) is 6.50. The summed E-state index contributed by atoms with van der Waals surface area (Å²) >= 11 is 0. The van der Waals surface area contributed by atoms with Gasteiger partial charge in [-0.15, -0.1) is 5.10 Å². The minimum absolute atomic E-state index is 0.0643. The van der Waals surface area contributed by atoms with Gasteiger partial charge >= 0.3 is 0 Å². The predicted molar refractivity (Wildman–Crippen MR) is 92.4 cm³/mol. The summed E-state index contributed by atoms with van der Waals surface area (Å²) in [6, 6.07) is 11.5. The lowest BCUT2D eigenvalue weighted by molar-refractivity contribution is 0.0679. The van der Waals surface area contributed by atoms with E-state index in [4.69, 9.17) is 4.74 Å². The number of aromatic nitrogens is 2. The standard InChI is InChI=1S/C18H22N4O2/c1-18(2)13-21(17(23)16-5-4-10-19-20-16)11-12-22(18)14-6-8-15(24-3)9-7-14/h4-10H,11-13H2,1-3H3. The number of carbonyl (C=O) groups is 1. The minimum Gasteiger partial charge on any atom is -0.497 e. The first-order valence-corrected chi connectivity index (χ1v) is 8.00. The van der Waals surface area contributed by atoms with E-state index < -0.39 is 0 Å². The van der Waals surface area contributed by atoms with Gasteiger partial charge in [0.1, 0.15) is 5.75 Å². The van der Waals surface area contributed by atoms with E-state index >= 15 is 0 Å². The molecule has 0 unspecified atom stereocenters. The van der Waals surface area contributed by atoms with Gasteiger partial charge in [0.15, 0.2) is 5.69 Å². The van der Waals surface area contributed by atoms with Crippen molar-refractivity contribution in [2.24, 2.45) is 0 Å². The molecule has 0 radical (unpaired) electrons. The van der Waals surface area contributed by atoms with E-state index in [1.165, 1.54) is 0 Å². The van der Waals surface area contributed by atoms with Gasteiger partial charge in [0.2, 0.25) is 0 Å². The maximum absolute atomic E-state index is 12.6. The van der Waals surface area contributed by atoms with Crippen molar-refractivity contribution in [2.75, 3.05) is 31.6 Å². The van der Waals surface area contributed by atoms with Gasteiger partial charge in [0.25, 0.3) is 5.91 Å². The molecule has 1 saturated heterocycles. The molecule has 0 atom stereocenters. The first-order chi connectivity index (χ1) is 11.5. The van der Waals surface area contributed by atoms with Crippen molar-refractivity contribution in [3.8, 4) is 5.75 Å². The normalized spacial score (nSPS) is 16.8. The fraction of sp³-hybridized carbons (Fsp3) is 0.389. The van der Waals surface area contributed by atoms with Crippen molar-refractivity contribution < 1.29 is 9.53 Å². The molecule has 1 amide bonds. The van der Waals surface area contributed by atoms with Crippen LogP contribution in [-0.4, -0.2) is 53.3 Å². The molecule has 6 nitrogen and oxygen atoms in total. The van der Waals surface area contributed by atoms with E-state index in [1.54, 1.807) is 25.4 Å². The van der Waals surface area contributed by atoms with Crippen LogP contribution >= 0.6 is 0 Å². The average molecular weight is 326 g/mol. The van der Waals surface area contributed by atoms with Gasteiger partial charge in [-0.05, 0) is 50.2 Å². The van der Waals surface area contributed by atoms with Gasteiger partial charge < -0.3 is 14.5 Å². The number of benzene rings is 1. The molecule has 0 saturated carbocycles. The maximum Gasteiger partial charge on any atom is 0.274 e. The zero-order valence-electron chi connectivity index (χ0n) is 14.3. The number of carbonyl (C=O) groups excluding carboxylic acids is 1. The first-order valence-electron chi connectivity index (χ1n) is 8.00. The second-order valence-corrected chi connectivity index (χ2v) is 6.50. The van der Waals surface area contributed by atoms with E-state index in [2.05, 4.69) is 41.1 Å². The van der Waals surface area contributed by atoms with E-state index in [0.717, 1.165) is 18.0 Å². The van der Waals surface area contributed by atoms with Crippen molar-refractivity contribution in [1.82, 2.24) is 15.1 Å². The summed E-state index contributed by atoms with van der Waals surface area (Å²) in [5.41, 5.74) is 1.35. The second kappa shape index (κ2) is 6.47. The van der Waals surface area contributed by atoms with E-state index in [1.807, 2.05) is 17.0 Å². The average Bonchev–Trinajstić information content (AvgIpc) is 2.61. The summed E-state index contributed by atoms with van der Waals surface area (Å²) in [5, 5.41) is 7.73. The van der Waals surface area contributed by atoms with Crippen LogP contribution in [0.2, 0.25) is 0 Å². The van der Waals surface area contributed by atoms with Crippen LogP contribution in [0.15, 0.2) is 42.6 Å². The van der Waals surface area contributed by atoms with Crippen LogP contribution < -0.4 is 9.64 Å². The Balaban J connectivity index is 1.75. The summed E-state index contributed by atoms with van der Waals surface area (Å²) in [5.74, 6) is 0.776. The monoisotopic (exact) mass is 326 g/mol. The molecule has 2 aromatic rings. The van der Waals surface area contributed by atoms with Crippen molar-refractivity contribution >= 4 is 11.6 Å². The molecule has 1 fully saturated rings. The zero-order chi connectivity index (χ0) is 17.2. The summed E-state index contributed by atoms with van der Waals surface area (Å²) in [4.78, 5) is 16.8. The van der Waals surface area contributed by atoms with Gasteiger partial charge in [0.05, 0.1) is 12.6 Å². The Hall–Kier alpha value is -2.63. The third-order valence-electron chi connectivity index (χ3n) is 4.36. The van der Waals surface area contributed by atoms with Crippen molar-refractivity contribution in [1.29, 1.82) is 0 Å². The van der Waals surface area contributed by atoms with Crippen LogP contribution in [0.4, 0.5) is 5.69 Å². The third-order valence-corrected chi connectivity index (χ3v) is 4.36. The highest BCUT2D eigenvalue weighted by Crippen LogP contribution is 2.29. The number of ether oxygens (including phenoxy) is 1. The number of methoxy groups -OCH3 is 1. The molecule has 1 aliphatic heterocycles. The molecule has 1 aliphatic rings. The number of anilines is 1. The molecular weight excluding hydrogens is 304 g/mol. The molecule has 0 N–H and O–H groups in total. The lowest BCUT2D eigenvalue weighted by Crippen LogP contribution is -2.60. The number of nitrogens with zero attached hydrogens (tertiary/aromatic N) is 4. The Morgan fingerprint density at radius 1 is 1.17 bits per heavy atom. The Bertz CT molecular complexity index is 701. The number of hydrogen-bond acceptors (Lipinski definition) is 5. The van der Waals surface area contributed by atoms with Crippen LogP contribution in [0.3, 0.4) is 0 Å². The largest absolute Gasteiger partial charge is 0.497 e. The molecule has 0 aliphatic carbocycles. The number of hydrogen-bond donors (Lipinski definition) is 0. The van der Waals surface area contributed by atoms with Gasteiger partial charge in [-0.2, -0.15) is 5.10 Å². The van der Waals surface area contributed by atoms with Crippen molar-refractivity contribution in [3.05, 3.63) is 48.3 Å². The molecule has 3 rings (SSSR count). The van der Waals surface area contributed by atoms with Crippen LogP contribution in [0.25, 0.3) is 0 Å². The Morgan fingerprint density at radius 2 is 1.92 bits per heavy atom. The smallest absolute Gasteiger partial charge is 0.274 e. The highest BCUT2D eigenvalue weighted by atomic mass is 16.5. The number of piperazine rings is 1. The van der Waals surface area contributed by atoms with Gasteiger partial charge in [0, 0.05) is 31.5 Å². The van der Waals surface area contributed by atoms with Crippen LogP contribution in [-0.2, 0) is 0 Å². The molecule has 126 valence electrons. The number of amides is 1. The summed E-state index contributed by atoms with van der Waals surface area (Å²) in [7, 11) is 1.66. The SMILES string of the molecule is COc1ccc(N2CCN(C(=O)c3cccnn3)CC2(C)C)cc1. The third kappa shape index (κ3) is 3.18. The summed E-state index contributed by atoms with van der Waals surface area (Å²) in [6.45, 7) is 6.35. The highest BCUT2D eigenvalue weighted by molar-refractivity contribution is 5.92. The molecule has 24 heavy (non-hydrogen) atoms. The Kier molecular flexibility index (Phi) is 4.38. The Labute approximate surface area is 142 Å². The van der Waals surface area contributed by atoms with Gasteiger partial charge in [-0.25, -0.2) is 0 Å². The summed E-state index contributed by atoms with van der Waals surface area (Å²) in [6.07, 6.45) is 1.57. The van der Waals surface area contributed by atoms with Crippen LogP contribution in [0.1, 0.15) is 24.3 Å². The van der Waals surface area contributed by atoms with Crippen LogP contribution in [0, 0.1) is 0 Å². The predicted octanol–water partition coefficient (Wildman–Crippen LogP) is 2.23. The maximum atomic E-state index is 12.6. The molecular formula is C18H22N4O2. The molecule has 1 aromatic carbocycles. The summed E-state index contributed by atoms with van der Waals surface area (Å²) < 4.78 is 5.22. The molecule has 2 heterocycles. The topological polar surface area (TPSA) is 58.6 Å². The molecule has 0 spiro atoms. The van der Waals surface area contributed by atoms with Crippen molar-refractivity contribution in [2.45, 2.75) is 19.4 Å². The highest BCUT2D eigenvalue weighted by Gasteiger charge is 2.36. The lowest BCUT2D eigenvalue weighted by Gasteiger charge is -2.48. The molecule has 0 bridgehead atoms. The lowest BCUT2D eigenvalue weighted by atomic mass is 9.97. The van der Waals surface area contributed by atoms with Crippen LogP contribution in [0.5, 0.6) is 5.75 Å². The van der Waals surface area contributed by atoms with E-state index in [0.29, 0.717) is 18.8 Å². The van der Waals surface area contributed by atoms with E-state index in [9.17, 15) is 4.79 Å². The number of rotatable bonds is 3. The van der Waals surface area contributed by atoms with Gasteiger partial charge in [-0.1, -0.05) is 0 Å². The van der Waals surface area contributed by atoms with Gasteiger partial charge in [-0.3, -0.25) is 4.79 Å². The fourth-order valence-electron chi connectivity index (χ4n) is 3.15. The molecule has 6 heteroatoms. The zero-order valence-corrected chi connectivity index (χ0v) is 14.3. The first kappa shape index (κ1) is 16.2. The van der Waals surface area contributed by atoms with Crippen molar-refractivity contribution in [3.63, 3.8) is 0 Å². The Morgan fingerprint density at radius 3 is 2.50 bits per heavy atom. The minimum atomic E-state index is -0.176. The van der Waals surface area contributed by atoms with E-state index in [-0.39, 0.29) is 11.4 Å². The fourth-order valence-corrected chi connectivity index (χ4v) is 3.15. The molecule has 1 aromatic heterocycles.